The Balaban J connectivity index is 2.40. The van der Waals surface area contributed by atoms with E-state index in [0.717, 1.165) is 11.8 Å². The normalized spacial score (nSPS) is 25.4. The molecule has 2 atom stereocenters. The van der Waals surface area contributed by atoms with Crippen LogP contribution in [0.5, 0.6) is 0 Å². The molecule has 0 aromatic rings. The topological polar surface area (TPSA) is 26.0 Å². The van der Waals surface area contributed by atoms with Crippen LogP contribution in [-0.4, -0.2) is 6.04 Å². The van der Waals surface area contributed by atoms with E-state index in [9.17, 15) is 0 Å². The van der Waals surface area contributed by atoms with Gasteiger partial charge in [-0.15, -0.1) is 0 Å². The Kier molecular flexibility index (Phi) is 3.38. The van der Waals surface area contributed by atoms with Gasteiger partial charge in [-0.25, -0.2) is 0 Å². The van der Waals surface area contributed by atoms with Gasteiger partial charge in [-0.3, -0.25) is 0 Å². The lowest BCUT2D eigenvalue weighted by Crippen LogP contribution is -2.30. The summed E-state index contributed by atoms with van der Waals surface area (Å²) >= 11 is 0. The van der Waals surface area contributed by atoms with Crippen molar-refractivity contribution in [2.75, 3.05) is 0 Å². The van der Waals surface area contributed by atoms with E-state index >= 15 is 0 Å². The van der Waals surface area contributed by atoms with Gasteiger partial charge in [0.1, 0.15) is 0 Å². The molecule has 0 saturated heterocycles. The summed E-state index contributed by atoms with van der Waals surface area (Å²) in [6.45, 7) is 4.43. The molecule has 0 heterocycles. The first-order valence-corrected chi connectivity index (χ1v) is 5.01. The van der Waals surface area contributed by atoms with Gasteiger partial charge in [-0.2, -0.15) is 0 Å². The third-order valence-electron chi connectivity index (χ3n) is 3.15. The third-order valence-corrected chi connectivity index (χ3v) is 3.15. The van der Waals surface area contributed by atoms with Gasteiger partial charge < -0.3 is 5.73 Å². The van der Waals surface area contributed by atoms with E-state index in [2.05, 4.69) is 13.8 Å². The second-order valence-corrected chi connectivity index (χ2v) is 3.98. The molecule has 2 unspecified atom stereocenters. The molecule has 1 saturated carbocycles. The zero-order valence-corrected chi connectivity index (χ0v) is 7.84. The Morgan fingerprint density at radius 1 is 1.36 bits per heavy atom. The first-order chi connectivity index (χ1) is 5.25. The van der Waals surface area contributed by atoms with Crippen molar-refractivity contribution in [3.8, 4) is 0 Å². The van der Waals surface area contributed by atoms with Crippen molar-refractivity contribution >= 4 is 0 Å². The molecule has 0 aromatic heterocycles. The van der Waals surface area contributed by atoms with Crippen molar-refractivity contribution < 1.29 is 0 Å². The fraction of sp³-hybridized carbons (Fsp3) is 1.00. The van der Waals surface area contributed by atoms with Crippen LogP contribution in [0.4, 0.5) is 0 Å². The highest BCUT2D eigenvalue weighted by atomic mass is 14.6. The summed E-state index contributed by atoms with van der Waals surface area (Å²) in [4.78, 5) is 0. The van der Waals surface area contributed by atoms with E-state index in [-0.39, 0.29) is 0 Å². The van der Waals surface area contributed by atoms with Crippen molar-refractivity contribution in [1.82, 2.24) is 0 Å². The van der Waals surface area contributed by atoms with Crippen LogP contribution in [0.15, 0.2) is 0 Å². The van der Waals surface area contributed by atoms with E-state index in [0.29, 0.717) is 6.04 Å². The number of nitrogens with two attached hydrogens (primary N) is 1. The molecule has 66 valence electrons. The van der Waals surface area contributed by atoms with Gasteiger partial charge in [-0.05, 0) is 18.8 Å². The molecule has 1 fully saturated rings. The summed E-state index contributed by atoms with van der Waals surface area (Å²) in [5.41, 5.74) is 5.93. The molecule has 0 spiro atoms. The Hall–Kier alpha value is -0.0400. The minimum Gasteiger partial charge on any atom is -0.328 e. The summed E-state index contributed by atoms with van der Waals surface area (Å²) < 4.78 is 0. The van der Waals surface area contributed by atoms with Gasteiger partial charge in [0.25, 0.3) is 0 Å². The Morgan fingerprint density at radius 3 is 2.27 bits per heavy atom. The minimum atomic E-state index is 0.406. The van der Waals surface area contributed by atoms with Gasteiger partial charge >= 0.3 is 0 Å². The summed E-state index contributed by atoms with van der Waals surface area (Å²) in [6, 6.07) is 0.406. The summed E-state index contributed by atoms with van der Waals surface area (Å²) in [5.74, 6) is 1.73. The summed E-state index contributed by atoms with van der Waals surface area (Å²) in [6.07, 6.45) is 7.00. The lowest BCUT2D eigenvalue weighted by molar-refractivity contribution is 0.287. The van der Waals surface area contributed by atoms with Crippen molar-refractivity contribution in [3.05, 3.63) is 0 Å². The van der Waals surface area contributed by atoms with E-state index in [1.807, 2.05) is 0 Å². The van der Waals surface area contributed by atoms with E-state index in [1.54, 1.807) is 0 Å². The van der Waals surface area contributed by atoms with Crippen LogP contribution in [0.2, 0.25) is 0 Å². The molecule has 1 rings (SSSR count). The van der Waals surface area contributed by atoms with Crippen LogP contribution in [0.1, 0.15) is 46.0 Å². The average molecular weight is 155 g/mol. The third kappa shape index (κ3) is 2.19. The zero-order valence-electron chi connectivity index (χ0n) is 7.84. The van der Waals surface area contributed by atoms with Crippen molar-refractivity contribution in [1.29, 1.82) is 0 Å². The fourth-order valence-electron chi connectivity index (χ4n) is 2.52. The molecular weight excluding hydrogens is 134 g/mol. The van der Waals surface area contributed by atoms with E-state index in [1.165, 1.54) is 32.1 Å². The van der Waals surface area contributed by atoms with Gasteiger partial charge in [-0.1, -0.05) is 39.0 Å². The van der Waals surface area contributed by atoms with Gasteiger partial charge in [0, 0.05) is 6.04 Å². The van der Waals surface area contributed by atoms with E-state index in [4.69, 9.17) is 5.73 Å². The lowest BCUT2D eigenvalue weighted by Gasteiger charge is -2.25. The Morgan fingerprint density at radius 2 is 1.91 bits per heavy atom. The van der Waals surface area contributed by atoms with Crippen LogP contribution in [0, 0.1) is 11.8 Å². The largest absolute Gasteiger partial charge is 0.328 e. The van der Waals surface area contributed by atoms with Crippen molar-refractivity contribution in [2.45, 2.75) is 52.0 Å². The predicted octanol–water partition coefficient (Wildman–Crippen LogP) is 2.55. The molecule has 1 aliphatic carbocycles. The number of hydrogen-bond acceptors (Lipinski definition) is 1. The lowest BCUT2D eigenvalue weighted by atomic mass is 9.84. The second kappa shape index (κ2) is 4.10. The first-order valence-electron chi connectivity index (χ1n) is 5.01. The second-order valence-electron chi connectivity index (χ2n) is 3.98. The van der Waals surface area contributed by atoms with Crippen LogP contribution in [0.3, 0.4) is 0 Å². The molecule has 0 amide bonds. The smallest absolute Gasteiger partial charge is 0.00413 e. The molecule has 1 nitrogen and oxygen atoms in total. The minimum absolute atomic E-state index is 0.406. The number of hydrogen-bond donors (Lipinski definition) is 1. The highest BCUT2D eigenvalue weighted by Gasteiger charge is 2.25. The van der Waals surface area contributed by atoms with Gasteiger partial charge in [0.15, 0.2) is 0 Å². The molecule has 0 bridgehead atoms. The highest BCUT2D eigenvalue weighted by molar-refractivity contribution is 4.79. The molecule has 11 heavy (non-hydrogen) atoms. The Labute approximate surface area is 70.4 Å². The maximum absolute atomic E-state index is 5.93. The fourth-order valence-corrected chi connectivity index (χ4v) is 2.52. The van der Waals surface area contributed by atoms with Crippen LogP contribution in [0.25, 0.3) is 0 Å². The van der Waals surface area contributed by atoms with Gasteiger partial charge in [0.2, 0.25) is 0 Å². The van der Waals surface area contributed by atoms with Gasteiger partial charge in [0.05, 0.1) is 0 Å². The maximum atomic E-state index is 5.93. The van der Waals surface area contributed by atoms with Crippen LogP contribution >= 0.6 is 0 Å². The highest BCUT2D eigenvalue weighted by Crippen LogP contribution is 2.34. The van der Waals surface area contributed by atoms with E-state index < -0.39 is 0 Å². The Bertz CT molecular complexity index is 103. The van der Waals surface area contributed by atoms with Crippen LogP contribution < -0.4 is 5.73 Å². The average Bonchev–Trinajstić information content (AvgIpc) is 2.40. The standard InChI is InChI=1S/C10H21N/c1-3-10(8(2)11)9-6-4-5-7-9/h8-10H,3-7,11H2,1-2H3. The maximum Gasteiger partial charge on any atom is 0.00413 e. The SMILES string of the molecule is CCC(C(C)N)C1CCCC1. The van der Waals surface area contributed by atoms with Crippen LogP contribution in [-0.2, 0) is 0 Å². The first kappa shape index (κ1) is 9.05. The molecule has 0 radical (unpaired) electrons. The zero-order chi connectivity index (χ0) is 8.27. The summed E-state index contributed by atoms with van der Waals surface area (Å²) in [7, 11) is 0. The van der Waals surface area contributed by atoms with Crippen molar-refractivity contribution in [2.24, 2.45) is 17.6 Å². The molecule has 2 N–H and O–H groups in total. The predicted molar refractivity (Wildman–Crippen MR) is 49.4 cm³/mol. The molecule has 0 aromatic carbocycles. The molecular formula is C10H21N. The molecule has 1 heteroatoms. The monoisotopic (exact) mass is 155 g/mol. The molecule has 1 aliphatic rings. The summed E-state index contributed by atoms with van der Waals surface area (Å²) in [5, 5.41) is 0. The number of rotatable bonds is 3. The van der Waals surface area contributed by atoms with Crippen molar-refractivity contribution in [3.63, 3.8) is 0 Å². The quantitative estimate of drug-likeness (QED) is 0.666. The molecule has 0 aliphatic heterocycles.